The van der Waals surface area contributed by atoms with Crippen LogP contribution in [0.4, 0.5) is 5.69 Å². The molecule has 5 heteroatoms. The van der Waals surface area contributed by atoms with Crippen molar-refractivity contribution in [2.75, 3.05) is 11.1 Å². The summed E-state index contributed by atoms with van der Waals surface area (Å²) in [5.74, 6) is 0.278. The molecule has 2 aromatic carbocycles. The lowest BCUT2D eigenvalue weighted by Crippen LogP contribution is -2.14. The minimum absolute atomic E-state index is 0.0376. The molecule has 1 amide bonds. The molecule has 3 aromatic rings. The van der Waals surface area contributed by atoms with Crippen LogP contribution in [-0.2, 0) is 4.79 Å². The van der Waals surface area contributed by atoms with E-state index in [1.807, 2.05) is 48.0 Å². The van der Waals surface area contributed by atoms with Crippen LogP contribution in [0.5, 0.6) is 0 Å². The molecule has 0 spiro atoms. The molecule has 4 nitrogen and oxygen atoms in total. The smallest absolute Gasteiger partial charge is 0.234 e. The standard InChI is InChI=1S/C20H21N3OS/c1-14-7-9-17(10-8-14)22-19(24)13-25-20-21-11-12-23(20)18-6-4-5-15(2)16(18)3/h4-12H,13H2,1-3H3,(H,22,24). The number of nitrogens with one attached hydrogen (secondary N) is 1. The molecular formula is C20H21N3OS. The SMILES string of the molecule is Cc1ccc(NC(=O)CSc2nccn2-c2cccc(C)c2C)cc1. The molecule has 0 aliphatic heterocycles. The molecule has 0 atom stereocenters. The second-order valence-electron chi connectivity index (χ2n) is 6.00. The molecule has 0 fully saturated rings. The monoisotopic (exact) mass is 351 g/mol. The lowest BCUT2D eigenvalue weighted by atomic mass is 10.1. The van der Waals surface area contributed by atoms with Gasteiger partial charge in [-0.1, -0.05) is 41.6 Å². The zero-order valence-electron chi connectivity index (χ0n) is 14.6. The van der Waals surface area contributed by atoms with E-state index < -0.39 is 0 Å². The Balaban J connectivity index is 1.68. The Labute approximate surface area is 152 Å². The van der Waals surface area contributed by atoms with Gasteiger partial charge in [0, 0.05) is 18.1 Å². The Morgan fingerprint density at radius 3 is 2.64 bits per heavy atom. The zero-order chi connectivity index (χ0) is 17.8. The fourth-order valence-electron chi connectivity index (χ4n) is 2.54. The minimum Gasteiger partial charge on any atom is -0.325 e. The Morgan fingerprint density at radius 1 is 1.12 bits per heavy atom. The van der Waals surface area contributed by atoms with Gasteiger partial charge in [-0.2, -0.15) is 0 Å². The second kappa shape index (κ2) is 7.57. The molecular weight excluding hydrogens is 330 g/mol. The summed E-state index contributed by atoms with van der Waals surface area (Å²) in [6.07, 6.45) is 3.70. The van der Waals surface area contributed by atoms with Crippen molar-refractivity contribution in [2.24, 2.45) is 0 Å². The first-order valence-electron chi connectivity index (χ1n) is 8.14. The van der Waals surface area contributed by atoms with Gasteiger partial charge in [0.2, 0.25) is 5.91 Å². The number of nitrogens with zero attached hydrogens (tertiary/aromatic N) is 2. The van der Waals surface area contributed by atoms with Crippen LogP contribution in [-0.4, -0.2) is 21.2 Å². The first-order valence-corrected chi connectivity index (χ1v) is 9.12. The molecule has 0 aliphatic carbocycles. The fraction of sp³-hybridized carbons (Fsp3) is 0.200. The third-order valence-electron chi connectivity index (χ3n) is 4.11. The highest BCUT2D eigenvalue weighted by Gasteiger charge is 2.11. The number of carbonyl (C=O) groups excluding carboxylic acids is 1. The van der Waals surface area contributed by atoms with Crippen LogP contribution in [0, 0.1) is 20.8 Å². The number of aryl methyl sites for hydroxylation is 2. The average Bonchev–Trinajstić information content (AvgIpc) is 3.06. The van der Waals surface area contributed by atoms with Gasteiger partial charge in [-0.05, 0) is 50.1 Å². The molecule has 0 aliphatic rings. The highest BCUT2D eigenvalue weighted by atomic mass is 32.2. The molecule has 1 heterocycles. The van der Waals surface area contributed by atoms with Crippen LogP contribution >= 0.6 is 11.8 Å². The summed E-state index contributed by atoms with van der Waals surface area (Å²) in [4.78, 5) is 16.6. The first kappa shape index (κ1) is 17.3. The van der Waals surface area contributed by atoms with E-state index >= 15 is 0 Å². The normalized spacial score (nSPS) is 10.7. The van der Waals surface area contributed by atoms with Crippen LogP contribution in [0.1, 0.15) is 16.7 Å². The van der Waals surface area contributed by atoms with Crippen molar-refractivity contribution < 1.29 is 4.79 Å². The first-order chi connectivity index (χ1) is 12.0. The molecule has 0 radical (unpaired) electrons. The van der Waals surface area contributed by atoms with Gasteiger partial charge in [-0.25, -0.2) is 4.98 Å². The lowest BCUT2D eigenvalue weighted by Gasteiger charge is -2.12. The van der Waals surface area contributed by atoms with Gasteiger partial charge >= 0.3 is 0 Å². The molecule has 3 rings (SSSR count). The number of carbonyl (C=O) groups is 1. The minimum atomic E-state index is -0.0376. The van der Waals surface area contributed by atoms with Gasteiger partial charge in [-0.15, -0.1) is 0 Å². The van der Waals surface area contributed by atoms with Gasteiger partial charge in [0.25, 0.3) is 0 Å². The molecule has 1 aromatic heterocycles. The maximum absolute atomic E-state index is 12.2. The number of hydrogen-bond acceptors (Lipinski definition) is 3. The summed E-state index contributed by atoms with van der Waals surface area (Å²) in [7, 11) is 0. The quantitative estimate of drug-likeness (QED) is 0.687. The average molecular weight is 351 g/mol. The summed E-state index contributed by atoms with van der Waals surface area (Å²) >= 11 is 1.43. The highest BCUT2D eigenvalue weighted by molar-refractivity contribution is 7.99. The largest absolute Gasteiger partial charge is 0.325 e. The molecule has 25 heavy (non-hydrogen) atoms. The van der Waals surface area contributed by atoms with Gasteiger partial charge < -0.3 is 5.32 Å². The van der Waals surface area contributed by atoms with Gasteiger partial charge in [0.1, 0.15) is 0 Å². The van der Waals surface area contributed by atoms with Crippen LogP contribution in [0.2, 0.25) is 0 Å². The van der Waals surface area contributed by atoms with E-state index in [9.17, 15) is 4.79 Å². The van der Waals surface area contributed by atoms with Gasteiger partial charge in [0.15, 0.2) is 5.16 Å². The van der Waals surface area contributed by atoms with Crippen molar-refractivity contribution in [3.05, 3.63) is 71.5 Å². The number of thioether (sulfide) groups is 1. The van der Waals surface area contributed by atoms with Crippen LogP contribution in [0.25, 0.3) is 5.69 Å². The van der Waals surface area contributed by atoms with Crippen molar-refractivity contribution in [1.29, 1.82) is 0 Å². The van der Waals surface area contributed by atoms with Crippen molar-refractivity contribution in [3.63, 3.8) is 0 Å². The number of anilines is 1. The zero-order valence-corrected chi connectivity index (χ0v) is 15.4. The fourth-order valence-corrected chi connectivity index (χ4v) is 3.31. The van der Waals surface area contributed by atoms with Crippen LogP contribution < -0.4 is 5.32 Å². The predicted octanol–water partition coefficient (Wildman–Crippen LogP) is 4.53. The molecule has 0 saturated carbocycles. The topological polar surface area (TPSA) is 46.9 Å². The third kappa shape index (κ3) is 4.12. The maximum Gasteiger partial charge on any atom is 0.234 e. The summed E-state index contributed by atoms with van der Waals surface area (Å²) in [6, 6.07) is 14.0. The van der Waals surface area contributed by atoms with Crippen LogP contribution in [0.3, 0.4) is 0 Å². The van der Waals surface area contributed by atoms with E-state index in [0.29, 0.717) is 5.75 Å². The Bertz CT molecular complexity index is 884. The molecule has 0 unspecified atom stereocenters. The number of benzene rings is 2. The van der Waals surface area contributed by atoms with E-state index in [4.69, 9.17) is 0 Å². The van der Waals surface area contributed by atoms with Crippen molar-refractivity contribution in [1.82, 2.24) is 9.55 Å². The number of amides is 1. The predicted molar refractivity (Wildman–Crippen MR) is 104 cm³/mol. The van der Waals surface area contributed by atoms with Crippen molar-refractivity contribution >= 4 is 23.4 Å². The molecule has 1 N–H and O–H groups in total. The van der Waals surface area contributed by atoms with E-state index in [1.54, 1.807) is 6.20 Å². The summed E-state index contributed by atoms with van der Waals surface area (Å²) < 4.78 is 2.03. The van der Waals surface area contributed by atoms with Gasteiger partial charge in [-0.3, -0.25) is 9.36 Å². The van der Waals surface area contributed by atoms with E-state index in [0.717, 1.165) is 16.5 Å². The highest BCUT2D eigenvalue weighted by Crippen LogP contribution is 2.24. The van der Waals surface area contributed by atoms with Gasteiger partial charge in [0.05, 0.1) is 11.4 Å². The Hall–Kier alpha value is -2.53. The Kier molecular flexibility index (Phi) is 5.24. The maximum atomic E-state index is 12.2. The summed E-state index contributed by atoms with van der Waals surface area (Å²) in [5.41, 5.74) is 5.53. The second-order valence-corrected chi connectivity index (χ2v) is 6.94. The van der Waals surface area contributed by atoms with E-state index in [-0.39, 0.29) is 5.91 Å². The third-order valence-corrected chi connectivity index (χ3v) is 5.08. The summed E-state index contributed by atoms with van der Waals surface area (Å²) in [5, 5.41) is 3.73. The summed E-state index contributed by atoms with van der Waals surface area (Å²) in [6.45, 7) is 6.22. The molecule has 0 saturated heterocycles. The Morgan fingerprint density at radius 2 is 1.88 bits per heavy atom. The number of imidazole rings is 1. The van der Waals surface area contributed by atoms with E-state index in [1.165, 1.54) is 28.5 Å². The molecule has 128 valence electrons. The van der Waals surface area contributed by atoms with Crippen molar-refractivity contribution in [2.45, 2.75) is 25.9 Å². The van der Waals surface area contributed by atoms with Crippen molar-refractivity contribution in [3.8, 4) is 5.69 Å². The lowest BCUT2D eigenvalue weighted by molar-refractivity contribution is -0.113. The molecule has 0 bridgehead atoms. The number of hydrogen-bond donors (Lipinski definition) is 1. The van der Waals surface area contributed by atoms with Crippen LogP contribution in [0.15, 0.2) is 60.0 Å². The van der Waals surface area contributed by atoms with E-state index in [2.05, 4.69) is 36.3 Å². The number of rotatable bonds is 5. The number of aromatic nitrogens is 2.